The molecule has 1 aromatic heterocycles. The maximum absolute atomic E-state index is 14.4. The third-order valence-electron chi connectivity index (χ3n) is 4.90. The lowest BCUT2D eigenvalue weighted by molar-refractivity contribution is -0.118. The second-order valence-corrected chi connectivity index (χ2v) is 6.40. The van der Waals surface area contributed by atoms with E-state index in [9.17, 15) is 23.5 Å². The molecule has 2 aromatic carbocycles. The Morgan fingerprint density at radius 3 is 2.30 bits per heavy atom. The molecule has 1 unspecified atom stereocenters. The molecule has 0 saturated carbocycles. The van der Waals surface area contributed by atoms with Crippen LogP contribution in [0.3, 0.4) is 0 Å². The number of nitrogens with one attached hydrogen (secondary N) is 1. The van der Waals surface area contributed by atoms with Gasteiger partial charge in [0.2, 0.25) is 11.5 Å². The number of hydrogen-bond donors (Lipinski definition) is 2. The molecule has 7 heteroatoms. The van der Waals surface area contributed by atoms with Crippen LogP contribution in [0, 0.1) is 11.6 Å². The van der Waals surface area contributed by atoms with Gasteiger partial charge < -0.3 is 15.0 Å². The molecule has 0 fully saturated rings. The minimum absolute atomic E-state index is 0.00160. The van der Waals surface area contributed by atoms with Gasteiger partial charge in [0.15, 0.2) is 11.6 Å². The normalized spacial score (nSPS) is 18.3. The van der Waals surface area contributed by atoms with Crippen LogP contribution in [0.1, 0.15) is 16.7 Å². The molecule has 1 amide bonds. The predicted molar refractivity (Wildman–Crippen MR) is 94.7 cm³/mol. The van der Waals surface area contributed by atoms with Crippen LogP contribution in [0.15, 0.2) is 59.5 Å². The number of carbonyl (C=O) groups excluding carboxylic acids is 1. The summed E-state index contributed by atoms with van der Waals surface area (Å²) in [5.41, 5.74) is -0.914. The van der Waals surface area contributed by atoms with Crippen molar-refractivity contribution in [2.24, 2.45) is 7.05 Å². The summed E-state index contributed by atoms with van der Waals surface area (Å²) in [5, 5.41) is 12.1. The van der Waals surface area contributed by atoms with Gasteiger partial charge in [0.1, 0.15) is 11.2 Å². The van der Waals surface area contributed by atoms with E-state index in [2.05, 4.69) is 5.32 Å². The van der Waals surface area contributed by atoms with Gasteiger partial charge in [-0.3, -0.25) is 9.59 Å². The first-order chi connectivity index (χ1) is 12.9. The minimum Gasteiger partial charge on any atom is -0.508 e. The van der Waals surface area contributed by atoms with E-state index in [4.69, 9.17) is 0 Å². The smallest absolute Gasteiger partial charge is 0.250 e. The molecule has 1 aliphatic heterocycles. The maximum atomic E-state index is 14.4. The van der Waals surface area contributed by atoms with Gasteiger partial charge >= 0.3 is 0 Å². The van der Waals surface area contributed by atoms with E-state index in [-0.39, 0.29) is 22.6 Å². The Hall–Kier alpha value is -3.48. The number of hydrogen-bond acceptors (Lipinski definition) is 3. The highest BCUT2D eigenvalue weighted by molar-refractivity contribution is 6.11. The Balaban J connectivity index is 2.12. The Bertz CT molecular complexity index is 1140. The fraction of sp³-hybridized carbons (Fsp3) is 0.100. The van der Waals surface area contributed by atoms with E-state index in [1.165, 1.54) is 60.3 Å². The minimum atomic E-state index is -1.50. The first-order valence-corrected chi connectivity index (χ1v) is 8.12. The molecular formula is C20H14F2N2O3. The molecule has 0 bridgehead atoms. The topological polar surface area (TPSA) is 71.3 Å². The van der Waals surface area contributed by atoms with E-state index >= 15 is 0 Å². The first kappa shape index (κ1) is 17.0. The molecule has 2 N–H and O–H groups in total. The summed E-state index contributed by atoms with van der Waals surface area (Å²) in [5.74, 6) is -2.80. The van der Waals surface area contributed by atoms with Crippen LogP contribution >= 0.6 is 0 Å². The quantitative estimate of drug-likeness (QED) is 0.731. The molecule has 5 nitrogen and oxygen atoms in total. The van der Waals surface area contributed by atoms with Crippen molar-refractivity contribution in [2.45, 2.75) is 5.41 Å². The Morgan fingerprint density at radius 2 is 1.63 bits per heavy atom. The SMILES string of the molecule is Cn1cc(C2(c3ccc(O)cc3)C(=O)Nc3c2ccc(F)c3F)ccc1=O. The Labute approximate surface area is 152 Å². The maximum Gasteiger partial charge on any atom is 0.250 e. The molecule has 0 radical (unpaired) electrons. The van der Waals surface area contributed by atoms with Crippen LogP contribution in [0.25, 0.3) is 0 Å². The van der Waals surface area contributed by atoms with Crippen LogP contribution in [0.5, 0.6) is 5.75 Å². The van der Waals surface area contributed by atoms with Crippen LogP contribution in [0.2, 0.25) is 0 Å². The summed E-state index contributed by atoms with van der Waals surface area (Å²) in [6.07, 6.45) is 1.49. The summed E-state index contributed by atoms with van der Waals surface area (Å²) >= 11 is 0. The average molecular weight is 368 g/mol. The van der Waals surface area contributed by atoms with E-state index in [0.29, 0.717) is 11.1 Å². The molecule has 136 valence electrons. The molecule has 0 saturated heterocycles. The van der Waals surface area contributed by atoms with E-state index in [1.54, 1.807) is 0 Å². The number of carbonyl (C=O) groups is 1. The molecule has 4 rings (SSSR count). The molecule has 0 aliphatic carbocycles. The van der Waals surface area contributed by atoms with Gasteiger partial charge in [-0.05, 0) is 29.3 Å². The number of pyridine rings is 1. The Kier molecular flexibility index (Phi) is 3.62. The summed E-state index contributed by atoms with van der Waals surface area (Å²) in [4.78, 5) is 25.0. The highest BCUT2D eigenvalue weighted by Gasteiger charge is 2.51. The second-order valence-electron chi connectivity index (χ2n) is 6.40. The fourth-order valence-corrected chi connectivity index (χ4v) is 3.58. The van der Waals surface area contributed by atoms with Crippen LogP contribution in [-0.2, 0) is 17.3 Å². The highest BCUT2D eigenvalue weighted by atomic mass is 19.2. The van der Waals surface area contributed by atoms with E-state index in [0.717, 1.165) is 6.07 Å². The lowest BCUT2D eigenvalue weighted by Gasteiger charge is -2.29. The average Bonchev–Trinajstić information content (AvgIpc) is 2.95. The zero-order valence-corrected chi connectivity index (χ0v) is 14.2. The lowest BCUT2D eigenvalue weighted by atomic mass is 9.70. The predicted octanol–water partition coefficient (Wildman–Crippen LogP) is 2.66. The van der Waals surface area contributed by atoms with Gasteiger partial charge in [0.05, 0.1) is 5.69 Å². The number of fused-ring (bicyclic) bond motifs is 1. The number of phenols is 1. The van der Waals surface area contributed by atoms with Crippen LogP contribution in [0.4, 0.5) is 14.5 Å². The van der Waals surface area contributed by atoms with Gasteiger partial charge in [-0.2, -0.15) is 0 Å². The van der Waals surface area contributed by atoms with Crippen LogP contribution in [-0.4, -0.2) is 15.6 Å². The summed E-state index contributed by atoms with van der Waals surface area (Å²) in [6.45, 7) is 0. The number of rotatable bonds is 2. The molecular weight excluding hydrogens is 354 g/mol. The number of phenolic OH excluding ortho intramolecular Hbond substituents is 1. The summed E-state index contributed by atoms with van der Waals surface area (Å²) in [6, 6.07) is 11.0. The van der Waals surface area contributed by atoms with Crippen molar-refractivity contribution in [3.8, 4) is 5.75 Å². The number of halogens is 2. The number of nitrogens with zero attached hydrogens (tertiary/aromatic N) is 1. The monoisotopic (exact) mass is 368 g/mol. The lowest BCUT2D eigenvalue weighted by Crippen LogP contribution is -2.38. The largest absolute Gasteiger partial charge is 0.508 e. The van der Waals surface area contributed by atoms with Crippen molar-refractivity contribution in [1.82, 2.24) is 4.57 Å². The van der Waals surface area contributed by atoms with Crippen LogP contribution < -0.4 is 10.9 Å². The van der Waals surface area contributed by atoms with Crippen molar-refractivity contribution in [1.29, 1.82) is 0 Å². The fourth-order valence-electron chi connectivity index (χ4n) is 3.58. The van der Waals surface area contributed by atoms with Crippen molar-refractivity contribution >= 4 is 11.6 Å². The van der Waals surface area contributed by atoms with Gasteiger partial charge in [-0.15, -0.1) is 0 Å². The summed E-state index contributed by atoms with van der Waals surface area (Å²) < 4.78 is 29.4. The number of aromatic hydroxyl groups is 1. The van der Waals surface area contributed by atoms with Crippen molar-refractivity contribution in [2.75, 3.05) is 5.32 Å². The van der Waals surface area contributed by atoms with E-state index < -0.39 is 23.0 Å². The zero-order valence-electron chi connectivity index (χ0n) is 14.2. The van der Waals surface area contributed by atoms with Gasteiger partial charge in [0, 0.05) is 24.9 Å². The number of anilines is 1. The second kappa shape index (κ2) is 5.77. The number of benzene rings is 2. The number of aryl methyl sites for hydroxylation is 1. The molecule has 2 heterocycles. The highest BCUT2D eigenvalue weighted by Crippen LogP contribution is 2.48. The molecule has 3 aromatic rings. The zero-order chi connectivity index (χ0) is 19.3. The molecule has 1 atom stereocenters. The van der Waals surface area contributed by atoms with Crippen molar-refractivity contribution < 1.29 is 18.7 Å². The van der Waals surface area contributed by atoms with Crippen molar-refractivity contribution in [3.05, 3.63) is 93.4 Å². The number of amides is 1. The first-order valence-electron chi connectivity index (χ1n) is 8.12. The Morgan fingerprint density at radius 1 is 0.963 bits per heavy atom. The van der Waals surface area contributed by atoms with Gasteiger partial charge in [-0.1, -0.05) is 24.3 Å². The summed E-state index contributed by atoms with van der Waals surface area (Å²) in [7, 11) is 1.54. The van der Waals surface area contributed by atoms with Crippen molar-refractivity contribution in [3.63, 3.8) is 0 Å². The van der Waals surface area contributed by atoms with E-state index in [1.807, 2.05) is 0 Å². The molecule has 27 heavy (non-hydrogen) atoms. The van der Waals surface area contributed by atoms with Gasteiger partial charge in [-0.25, -0.2) is 8.78 Å². The number of aromatic nitrogens is 1. The molecule has 1 aliphatic rings. The van der Waals surface area contributed by atoms with Gasteiger partial charge in [0.25, 0.3) is 0 Å². The molecule has 0 spiro atoms. The third-order valence-corrected chi connectivity index (χ3v) is 4.90. The third kappa shape index (κ3) is 2.28. The standard InChI is InChI=1S/C20H14F2N2O3/c1-24-10-12(4-9-16(24)26)20(11-2-5-13(25)6-3-11)14-7-8-15(21)17(22)18(14)23-19(20)27/h2-10,25H,1H3,(H,23,27).